The van der Waals surface area contributed by atoms with Crippen LogP contribution in [0, 0.1) is 0 Å². The van der Waals surface area contributed by atoms with Gasteiger partial charge in [-0.1, -0.05) is 60.7 Å². The number of Topliss-reactive ketones (excluding diaryl/α,β-unsaturated/α-hetero) is 1. The molecule has 2 aromatic heterocycles. The summed E-state index contributed by atoms with van der Waals surface area (Å²) in [6, 6.07) is 21.4. The molecule has 11 nitrogen and oxygen atoms in total. The summed E-state index contributed by atoms with van der Waals surface area (Å²) in [5.41, 5.74) is 7.33. The zero-order valence-corrected chi connectivity index (χ0v) is 21.9. The monoisotopic (exact) mass is 551 g/mol. The molecule has 0 aliphatic heterocycles. The quantitative estimate of drug-likeness (QED) is 0.207. The highest BCUT2D eigenvalue weighted by Crippen LogP contribution is 2.20. The number of esters is 1. The van der Waals surface area contributed by atoms with Gasteiger partial charge in [0, 0.05) is 12.0 Å². The third-order valence-electron chi connectivity index (χ3n) is 6.36. The van der Waals surface area contributed by atoms with E-state index in [4.69, 9.17) is 14.9 Å². The van der Waals surface area contributed by atoms with E-state index in [0.717, 1.165) is 10.1 Å². The molecule has 5 aromatic rings. The van der Waals surface area contributed by atoms with Crippen LogP contribution in [-0.4, -0.2) is 45.3 Å². The van der Waals surface area contributed by atoms with Crippen molar-refractivity contribution in [3.8, 4) is 11.4 Å². The number of nitrogen functional groups attached to an aromatic ring is 1. The fourth-order valence-corrected chi connectivity index (χ4v) is 4.34. The van der Waals surface area contributed by atoms with Crippen LogP contribution >= 0.6 is 0 Å². The summed E-state index contributed by atoms with van der Waals surface area (Å²) in [4.78, 5) is 60.3. The largest absolute Gasteiger partial charge is 0.465 e. The average molecular weight is 552 g/mol. The number of methoxy groups -OCH3 is 1. The first-order valence-corrected chi connectivity index (χ1v) is 12.6. The van der Waals surface area contributed by atoms with Gasteiger partial charge >= 0.3 is 5.97 Å². The maximum absolute atomic E-state index is 13.6. The van der Waals surface area contributed by atoms with Crippen molar-refractivity contribution in [3.63, 3.8) is 0 Å². The fraction of sp³-hybridized carbons (Fsp3) is 0.133. The Hall–Kier alpha value is -5.58. The molecule has 0 unspecified atom stereocenters. The van der Waals surface area contributed by atoms with Gasteiger partial charge in [0.15, 0.2) is 5.58 Å². The number of hydrogen-bond donors (Lipinski definition) is 2. The number of nitrogens with one attached hydrogen (secondary N) is 1. The number of carbonyl (C=O) groups excluding carboxylic acids is 3. The number of amides is 1. The number of anilines is 1. The smallest absolute Gasteiger partial charge is 0.337 e. The predicted octanol–water partition coefficient (Wildman–Crippen LogP) is 3.03. The zero-order valence-electron chi connectivity index (χ0n) is 21.9. The lowest BCUT2D eigenvalue weighted by atomic mass is 10.0. The zero-order chi connectivity index (χ0) is 28.9. The number of nitrogens with zero attached hydrogens (tertiary/aromatic N) is 3. The topological polar surface area (TPSA) is 159 Å². The van der Waals surface area contributed by atoms with Gasteiger partial charge in [0.25, 0.3) is 11.4 Å². The molecule has 0 saturated heterocycles. The second-order valence-corrected chi connectivity index (χ2v) is 9.16. The summed E-state index contributed by atoms with van der Waals surface area (Å²) in [7, 11) is 1.26. The van der Waals surface area contributed by atoms with Crippen LogP contribution in [0.25, 0.3) is 22.5 Å². The number of hydrogen-bond acceptors (Lipinski definition) is 9. The van der Waals surface area contributed by atoms with Gasteiger partial charge in [-0.05, 0) is 23.8 Å². The number of fused-ring (bicyclic) bond motifs is 1. The van der Waals surface area contributed by atoms with Crippen molar-refractivity contribution in [2.24, 2.45) is 0 Å². The van der Waals surface area contributed by atoms with Crippen molar-refractivity contribution >= 4 is 34.4 Å². The molecule has 3 aromatic carbocycles. The standard InChI is InChI=1S/C30H25N5O6/c1-40-30(39)20-12-13-24-22(15-20)34-28(41-24)26(37)23(14-18-8-4-2-5-9-18)33-25(36)17-35-27(19-10-6-3-7-11-19)32-16-21(31)29(35)38/h2-13,15-16,23H,14,17,31H2,1H3,(H,33,36)/t23-/m0/s1. The van der Waals surface area contributed by atoms with Crippen LogP contribution in [0.15, 0.2) is 94.3 Å². The van der Waals surface area contributed by atoms with Gasteiger partial charge in [-0.2, -0.15) is 0 Å². The number of rotatable bonds is 9. The molecule has 0 saturated carbocycles. The molecule has 2 heterocycles. The Morgan fingerprint density at radius 2 is 1.73 bits per heavy atom. The maximum Gasteiger partial charge on any atom is 0.337 e. The van der Waals surface area contributed by atoms with E-state index in [1.54, 1.807) is 24.3 Å². The van der Waals surface area contributed by atoms with E-state index in [1.807, 2.05) is 36.4 Å². The Kier molecular flexibility index (Phi) is 7.68. The summed E-state index contributed by atoms with van der Waals surface area (Å²) in [6.45, 7) is -0.435. The molecule has 5 rings (SSSR count). The fourth-order valence-electron chi connectivity index (χ4n) is 4.34. The summed E-state index contributed by atoms with van der Waals surface area (Å²) in [5.74, 6) is -1.74. The van der Waals surface area contributed by atoms with Crippen LogP contribution in [0.2, 0.25) is 0 Å². The van der Waals surface area contributed by atoms with Crippen LogP contribution in [0.3, 0.4) is 0 Å². The van der Waals surface area contributed by atoms with Crippen molar-refractivity contribution in [2.75, 3.05) is 12.8 Å². The molecular formula is C30H25N5O6. The summed E-state index contributed by atoms with van der Waals surface area (Å²) >= 11 is 0. The number of ketones is 1. The molecule has 11 heteroatoms. The van der Waals surface area contributed by atoms with Crippen LogP contribution in [0.1, 0.15) is 26.6 Å². The Balaban J connectivity index is 1.45. The number of carbonyl (C=O) groups is 3. The van der Waals surface area contributed by atoms with Crippen molar-refractivity contribution in [3.05, 3.63) is 112 Å². The summed E-state index contributed by atoms with van der Waals surface area (Å²) in [5, 5.41) is 2.73. The van der Waals surface area contributed by atoms with E-state index in [9.17, 15) is 19.2 Å². The highest BCUT2D eigenvalue weighted by atomic mass is 16.5. The van der Waals surface area contributed by atoms with E-state index >= 15 is 0 Å². The highest BCUT2D eigenvalue weighted by Gasteiger charge is 2.28. The molecular weight excluding hydrogens is 526 g/mol. The number of ether oxygens (including phenoxy) is 1. The van der Waals surface area contributed by atoms with Crippen LogP contribution in [0.4, 0.5) is 5.69 Å². The Labute approximate surface area is 233 Å². The minimum absolute atomic E-state index is 0.118. The first kappa shape index (κ1) is 27.0. The Morgan fingerprint density at radius 1 is 1.02 bits per heavy atom. The number of oxazole rings is 1. The van der Waals surface area contributed by atoms with Crippen molar-refractivity contribution < 1.29 is 23.5 Å². The summed E-state index contributed by atoms with van der Waals surface area (Å²) in [6.07, 6.45) is 1.38. The lowest BCUT2D eigenvalue weighted by Crippen LogP contribution is -2.45. The molecule has 206 valence electrons. The van der Waals surface area contributed by atoms with E-state index in [0.29, 0.717) is 5.56 Å². The van der Waals surface area contributed by atoms with Crippen molar-refractivity contribution in [2.45, 2.75) is 19.0 Å². The van der Waals surface area contributed by atoms with Gasteiger partial charge in [0.05, 0.1) is 18.9 Å². The van der Waals surface area contributed by atoms with Gasteiger partial charge in [0.1, 0.15) is 29.6 Å². The minimum Gasteiger partial charge on any atom is -0.465 e. The van der Waals surface area contributed by atoms with Gasteiger partial charge in [-0.25, -0.2) is 14.8 Å². The molecule has 0 fully saturated rings. The normalized spacial score (nSPS) is 11.6. The number of nitrogens with two attached hydrogens (primary N) is 1. The van der Waals surface area contributed by atoms with Crippen LogP contribution in [-0.2, 0) is 22.5 Å². The van der Waals surface area contributed by atoms with Gasteiger partial charge in [0.2, 0.25) is 11.7 Å². The third kappa shape index (κ3) is 5.88. The van der Waals surface area contributed by atoms with Gasteiger partial charge in [-0.15, -0.1) is 0 Å². The molecule has 0 aliphatic rings. The summed E-state index contributed by atoms with van der Waals surface area (Å²) < 4.78 is 11.6. The van der Waals surface area contributed by atoms with E-state index in [1.165, 1.54) is 31.5 Å². The van der Waals surface area contributed by atoms with Crippen LogP contribution < -0.4 is 16.6 Å². The minimum atomic E-state index is -1.08. The lowest BCUT2D eigenvalue weighted by Gasteiger charge is -2.18. The molecule has 0 aliphatic carbocycles. The Bertz CT molecular complexity index is 1800. The van der Waals surface area contributed by atoms with Crippen molar-refractivity contribution in [1.29, 1.82) is 0 Å². The molecule has 0 bridgehead atoms. The maximum atomic E-state index is 13.6. The third-order valence-corrected chi connectivity index (χ3v) is 6.36. The average Bonchev–Trinajstić information content (AvgIpc) is 3.43. The van der Waals surface area contributed by atoms with Crippen molar-refractivity contribution in [1.82, 2.24) is 19.9 Å². The molecule has 0 spiro atoms. The molecule has 41 heavy (non-hydrogen) atoms. The lowest BCUT2D eigenvalue weighted by molar-refractivity contribution is -0.122. The second-order valence-electron chi connectivity index (χ2n) is 9.16. The molecule has 0 radical (unpaired) electrons. The van der Waals surface area contributed by atoms with E-state index < -0.39 is 35.8 Å². The first-order valence-electron chi connectivity index (χ1n) is 12.6. The predicted molar refractivity (Wildman–Crippen MR) is 150 cm³/mol. The second kappa shape index (κ2) is 11.7. The Morgan fingerprint density at radius 3 is 2.44 bits per heavy atom. The van der Waals surface area contributed by atoms with Gasteiger partial charge < -0.3 is 20.2 Å². The first-order chi connectivity index (χ1) is 19.8. The van der Waals surface area contributed by atoms with Crippen LogP contribution in [0.5, 0.6) is 0 Å². The number of benzene rings is 3. The molecule has 1 atom stereocenters. The number of aromatic nitrogens is 3. The van der Waals surface area contributed by atoms with E-state index in [-0.39, 0.29) is 40.5 Å². The van der Waals surface area contributed by atoms with Gasteiger partial charge in [-0.3, -0.25) is 19.0 Å². The van der Waals surface area contributed by atoms with E-state index in [2.05, 4.69) is 15.3 Å². The molecule has 3 N–H and O–H groups in total. The molecule has 1 amide bonds. The highest BCUT2D eigenvalue weighted by molar-refractivity contribution is 6.01. The SMILES string of the molecule is COC(=O)c1ccc2oc(C(=O)[C@H](Cc3ccccc3)NC(=O)Cn3c(-c4ccccc4)ncc(N)c3=O)nc2c1.